The third kappa shape index (κ3) is 3.49. The van der Waals surface area contributed by atoms with Gasteiger partial charge in [0.1, 0.15) is 6.67 Å². The molecule has 0 bridgehead atoms. The largest absolute Gasteiger partial charge is 0.311 e. The Balaban J connectivity index is 2.16. The average molecular weight is 203 g/mol. The highest BCUT2D eigenvalue weighted by Crippen LogP contribution is 2.19. The second-order valence-corrected chi connectivity index (χ2v) is 4.63. The summed E-state index contributed by atoms with van der Waals surface area (Å²) in [6, 6.07) is 0. The second-order valence-electron chi connectivity index (χ2n) is 4.19. The van der Waals surface area contributed by atoms with Crippen LogP contribution in [0, 0.1) is 0 Å². The van der Waals surface area contributed by atoms with Gasteiger partial charge in [-0.3, -0.25) is 5.73 Å². The van der Waals surface area contributed by atoms with Crippen LogP contribution in [0.25, 0.3) is 0 Å². The molecule has 78 valence electrons. The number of unbranched alkanes of at least 4 members (excludes halogenated alkanes) is 2. The first kappa shape index (κ1) is 11.3. The quantitative estimate of drug-likeness (QED) is 0.383. The Morgan fingerprint density at radius 1 is 1.08 bits per heavy atom. The smallest absolute Gasteiger partial charge is 0.130 e. The number of thiol groups is 1. The maximum Gasteiger partial charge on any atom is 0.130 e. The molecule has 0 aliphatic carbocycles. The first-order chi connectivity index (χ1) is 6.33. The van der Waals surface area contributed by atoms with E-state index in [9.17, 15) is 0 Å². The van der Waals surface area contributed by atoms with Gasteiger partial charge >= 0.3 is 0 Å². The monoisotopic (exact) mass is 203 g/mol. The number of likely N-dealkylation sites (tertiary alicyclic amines) is 1. The molecule has 2 nitrogen and oxygen atoms in total. The number of nitrogens with zero attached hydrogens (tertiary/aromatic N) is 1. The van der Waals surface area contributed by atoms with E-state index in [2.05, 4.69) is 12.6 Å². The molecule has 1 aliphatic heterocycles. The highest BCUT2D eigenvalue weighted by atomic mass is 32.1. The van der Waals surface area contributed by atoms with Crippen LogP contribution in [0.4, 0.5) is 0 Å². The highest BCUT2D eigenvalue weighted by molar-refractivity contribution is 7.80. The Hall–Kier alpha value is 0.270. The molecule has 2 N–H and O–H groups in total. The van der Waals surface area contributed by atoms with E-state index in [4.69, 9.17) is 5.73 Å². The predicted octanol–water partition coefficient (Wildman–Crippen LogP) is 1.61. The van der Waals surface area contributed by atoms with Crippen molar-refractivity contribution in [3.8, 4) is 0 Å². The number of rotatable bonds is 6. The van der Waals surface area contributed by atoms with Gasteiger partial charge in [0, 0.05) is 12.8 Å². The first-order valence-electron chi connectivity index (χ1n) is 5.49. The normalized spacial score (nSPS) is 20.8. The van der Waals surface area contributed by atoms with E-state index in [1.807, 2.05) is 0 Å². The third-order valence-corrected chi connectivity index (χ3v) is 3.51. The van der Waals surface area contributed by atoms with Gasteiger partial charge in [-0.2, -0.15) is 12.6 Å². The molecule has 0 amide bonds. The zero-order chi connectivity index (χ0) is 9.57. The lowest BCUT2D eigenvalue weighted by atomic mass is 10.2. The molecule has 0 aromatic carbocycles. The Bertz CT molecular complexity index is 133. The Labute approximate surface area is 87.5 Å². The van der Waals surface area contributed by atoms with Crippen molar-refractivity contribution in [3.05, 3.63) is 0 Å². The summed E-state index contributed by atoms with van der Waals surface area (Å²) in [7, 11) is 0. The molecular formula is C10H23N2S+. The fourth-order valence-corrected chi connectivity index (χ4v) is 2.46. The van der Waals surface area contributed by atoms with Crippen molar-refractivity contribution in [1.29, 1.82) is 0 Å². The molecule has 0 aromatic rings. The molecule has 0 saturated carbocycles. The van der Waals surface area contributed by atoms with E-state index in [-0.39, 0.29) is 0 Å². The summed E-state index contributed by atoms with van der Waals surface area (Å²) in [5.41, 5.74) is 5.84. The number of hydrogen-bond acceptors (Lipinski definition) is 2. The summed E-state index contributed by atoms with van der Waals surface area (Å²) < 4.78 is 1.19. The molecule has 1 aliphatic rings. The van der Waals surface area contributed by atoms with Crippen LogP contribution < -0.4 is 5.73 Å². The predicted molar refractivity (Wildman–Crippen MR) is 60.9 cm³/mol. The minimum atomic E-state index is 0.848. The Morgan fingerprint density at radius 3 is 2.31 bits per heavy atom. The van der Waals surface area contributed by atoms with E-state index in [1.165, 1.54) is 56.2 Å². The topological polar surface area (TPSA) is 26.0 Å². The molecule has 0 aromatic heterocycles. The van der Waals surface area contributed by atoms with Gasteiger partial charge in [0.25, 0.3) is 0 Å². The molecule has 3 heteroatoms. The van der Waals surface area contributed by atoms with Gasteiger partial charge in [0.2, 0.25) is 0 Å². The molecule has 13 heavy (non-hydrogen) atoms. The summed E-state index contributed by atoms with van der Waals surface area (Å²) in [6.45, 7) is 4.78. The van der Waals surface area contributed by atoms with Crippen LogP contribution in [0.2, 0.25) is 0 Å². The second kappa shape index (κ2) is 5.89. The third-order valence-electron chi connectivity index (χ3n) is 3.19. The van der Waals surface area contributed by atoms with Crippen molar-refractivity contribution in [2.45, 2.75) is 32.1 Å². The zero-order valence-corrected chi connectivity index (χ0v) is 9.44. The molecule has 1 heterocycles. The molecular weight excluding hydrogens is 180 g/mol. The molecule has 0 atom stereocenters. The van der Waals surface area contributed by atoms with Crippen molar-refractivity contribution in [3.63, 3.8) is 0 Å². The maximum atomic E-state index is 5.84. The maximum absolute atomic E-state index is 5.84. The lowest BCUT2D eigenvalue weighted by Crippen LogP contribution is -2.49. The standard InChI is InChI=1S/C10H22N2S/c11-10-12(7-3-4-8-12)6-2-1-5-9-13/h1-11H2/p+1. The molecule has 1 saturated heterocycles. The van der Waals surface area contributed by atoms with Gasteiger partial charge in [-0.25, -0.2) is 0 Å². The van der Waals surface area contributed by atoms with Gasteiger partial charge in [0.15, 0.2) is 0 Å². The van der Waals surface area contributed by atoms with Crippen LogP contribution in [-0.2, 0) is 0 Å². The SMILES string of the molecule is NC[N+]1(CCCCCS)CCCC1. The number of hydrogen-bond donors (Lipinski definition) is 2. The molecule has 1 rings (SSSR count). The van der Waals surface area contributed by atoms with Gasteiger partial charge in [-0.05, 0) is 25.0 Å². The summed E-state index contributed by atoms with van der Waals surface area (Å²) in [5, 5.41) is 0. The van der Waals surface area contributed by atoms with Gasteiger partial charge in [-0.15, -0.1) is 0 Å². The van der Waals surface area contributed by atoms with Gasteiger partial charge in [-0.1, -0.05) is 0 Å². The lowest BCUT2D eigenvalue weighted by Gasteiger charge is -2.32. The Kier molecular flexibility index (Phi) is 5.14. The van der Waals surface area contributed by atoms with Crippen LogP contribution in [0.15, 0.2) is 0 Å². The fourth-order valence-electron chi connectivity index (χ4n) is 2.24. The van der Waals surface area contributed by atoms with Crippen LogP contribution in [0.5, 0.6) is 0 Å². The zero-order valence-electron chi connectivity index (χ0n) is 8.54. The summed E-state index contributed by atoms with van der Waals surface area (Å²) >= 11 is 4.22. The summed E-state index contributed by atoms with van der Waals surface area (Å²) in [4.78, 5) is 0. The van der Waals surface area contributed by atoms with Crippen molar-refractivity contribution in [1.82, 2.24) is 0 Å². The summed E-state index contributed by atoms with van der Waals surface area (Å²) in [5.74, 6) is 1.03. The number of quaternary nitrogens is 1. The van der Waals surface area contributed by atoms with Crippen molar-refractivity contribution >= 4 is 12.6 Å². The van der Waals surface area contributed by atoms with Crippen molar-refractivity contribution in [2.24, 2.45) is 5.73 Å². The van der Waals surface area contributed by atoms with Crippen molar-refractivity contribution in [2.75, 3.05) is 32.1 Å². The molecule has 1 fully saturated rings. The minimum Gasteiger partial charge on any atom is -0.311 e. The van der Waals surface area contributed by atoms with E-state index < -0.39 is 0 Å². The van der Waals surface area contributed by atoms with E-state index in [1.54, 1.807) is 0 Å². The molecule has 0 spiro atoms. The van der Waals surface area contributed by atoms with E-state index in [0.29, 0.717) is 0 Å². The molecule has 0 unspecified atom stereocenters. The minimum absolute atomic E-state index is 0.848. The van der Waals surface area contributed by atoms with Crippen LogP contribution in [-0.4, -0.2) is 36.5 Å². The van der Waals surface area contributed by atoms with Crippen LogP contribution in [0.3, 0.4) is 0 Å². The molecule has 0 radical (unpaired) electrons. The van der Waals surface area contributed by atoms with Crippen molar-refractivity contribution < 1.29 is 4.48 Å². The van der Waals surface area contributed by atoms with Crippen LogP contribution in [0.1, 0.15) is 32.1 Å². The highest BCUT2D eigenvalue weighted by Gasteiger charge is 2.29. The number of nitrogens with two attached hydrogens (primary N) is 1. The van der Waals surface area contributed by atoms with Gasteiger partial charge in [0.05, 0.1) is 19.6 Å². The fraction of sp³-hybridized carbons (Fsp3) is 1.00. The van der Waals surface area contributed by atoms with E-state index >= 15 is 0 Å². The average Bonchev–Trinajstić information content (AvgIpc) is 2.62. The summed E-state index contributed by atoms with van der Waals surface area (Å²) in [6.07, 6.45) is 6.67. The first-order valence-corrected chi connectivity index (χ1v) is 6.12. The van der Waals surface area contributed by atoms with Gasteiger partial charge < -0.3 is 4.48 Å². The van der Waals surface area contributed by atoms with E-state index in [0.717, 1.165) is 12.4 Å². The van der Waals surface area contributed by atoms with Crippen LogP contribution >= 0.6 is 12.6 Å². The Morgan fingerprint density at radius 2 is 1.77 bits per heavy atom. The lowest BCUT2D eigenvalue weighted by molar-refractivity contribution is -0.916.